The molecule has 0 atom stereocenters. The molecule has 162 valence electrons. The molecule has 6 nitrogen and oxygen atoms in total. The van der Waals surface area contributed by atoms with Gasteiger partial charge < -0.3 is 18.9 Å². The first-order chi connectivity index (χ1) is 14.4. The maximum atomic E-state index is 14.5. The highest BCUT2D eigenvalue weighted by atomic mass is 19.1. The molecule has 1 aliphatic heterocycles. The minimum atomic E-state index is -0.838. The Morgan fingerprint density at radius 1 is 1.23 bits per heavy atom. The molecule has 0 saturated carbocycles. The van der Waals surface area contributed by atoms with Crippen LogP contribution >= 0.6 is 0 Å². The monoisotopic (exact) mass is 421 g/mol. The molecule has 0 unspecified atom stereocenters. The maximum absolute atomic E-state index is 14.5. The van der Waals surface area contributed by atoms with Crippen molar-refractivity contribution >= 4 is 5.97 Å². The van der Waals surface area contributed by atoms with Gasteiger partial charge in [-0.1, -0.05) is 6.92 Å². The smallest absolute Gasteiger partial charge is 0.305 e. The minimum Gasteiger partial charge on any atom is -0.488 e. The van der Waals surface area contributed by atoms with Crippen molar-refractivity contribution in [1.82, 2.24) is 4.98 Å². The highest BCUT2D eigenvalue weighted by Crippen LogP contribution is 2.34. The first-order valence-electron chi connectivity index (χ1n) is 9.85. The number of aromatic nitrogens is 1. The van der Waals surface area contributed by atoms with Crippen LogP contribution in [0.15, 0.2) is 30.5 Å². The second kappa shape index (κ2) is 9.84. The quantitative estimate of drug-likeness (QED) is 0.424. The molecule has 0 bridgehead atoms. The van der Waals surface area contributed by atoms with Crippen LogP contribution in [0.2, 0.25) is 0 Å². The van der Waals surface area contributed by atoms with Gasteiger partial charge in [0.25, 0.3) is 0 Å². The molecule has 1 aromatic heterocycles. The molecular weight excluding hydrogens is 396 g/mol. The minimum absolute atomic E-state index is 0.00604. The SMILES string of the molecule is CCOC(=O)CCCOc1c(F)cc(-c2cccnc2OCC2(C)COC2)cc1F. The van der Waals surface area contributed by atoms with E-state index in [0.29, 0.717) is 43.2 Å². The summed E-state index contributed by atoms with van der Waals surface area (Å²) < 4.78 is 50.1. The summed E-state index contributed by atoms with van der Waals surface area (Å²) in [5.41, 5.74) is 0.682. The molecule has 1 saturated heterocycles. The van der Waals surface area contributed by atoms with Crippen molar-refractivity contribution in [2.45, 2.75) is 26.7 Å². The molecule has 1 fully saturated rings. The Labute approximate surface area is 174 Å². The van der Waals surface area contributed by atoms with Gasteiger partial charge in [0.1, 0.15) is 0 Å². The lowest BCUT2D eigenvalue weighted by atomic mass is 9.90. The highest BCUT2D eigenvalue weighted by Gasteiger charge is 2.34. The number of ether oxygens (including phenoxy) is 4. The Morgan fingerprint density at radius 2 is 1.97 bits per heavy atom. The van der Waals surface area contributed by atoms with Crippen LogP contribution in [-0.2, 0) is 14.3 Å². The van der Waals surface area contributed by atoms with E-state index in [1.807, 2.05) is 6.92 Å². The standard InChI is InChI=1S/C22H25F2NO5/c1-3-28-19(26)7-5-9-29-20-17(23)10-15(11-18(20)24)16-6-4-8-25-21(16)30-14-22(2)12-27-13-22/h4,6,8,10-11H,3,5,7,9,12-14H2,1-2H3. The zero-order chi connectivity index (χ0) is 21.6. The van der Waals surface area contributed by atoms with Gasteiger partial charge in [0, 0.05) is 23.6 Å². The first kappa shape index (κ1) is 22.0. The largest absolute Gasteiger partial charge is 0.488 e. The fourth-order valence-electron chi connectivity index (χ4n) is 2.98. The van der Waals surface area contributed by atoms with Crippen LogP contribution in [0.1, 0.15) is 26.7 Å². The van der Waals surface area contributed by atoms with Gasteiger partial charge in [-0.05, 0) is 43.2 Å². The lowest BCUT2D eigenvalue weighted by Gasteiger charge is -2.37. The topological polar surface area (TPSA) is 66.9 Å². The van der Waals surface area contributed by atoms with E-state index in [9.17, 15) is 13.6 Å². The Balaban J connectivity index is 1.68. The van der Waals surface area contributed by atoms with Crippen LogP contribution in [0.25, 0.3) is 11.1 Å². The van der Waals surface area contributed by atoms with E-state index in [1.54, 1.807) is 25.3 Å². The lowest BCUT2D eigenvalue weighted by Crippen LogP contribution is -2.44. The Kier molecular flexibility index (Phi) is 7.20. The molecule has 0 N–H and O–H groups in total. The van der Waals surface area contributed by atoms with Gasteiger partial charge >= 0.3 is 5.97 Å². The number of nitrogens with zero attached hydrogens (tertiary/aromatic N) is 1. The molecule has 1 aromatic carbocycles. The van der Waals surface area contributed by atoms with Crippen LogP contribution in [0.5, 0.6) is 11.6 Å². The number of carbonyl (C=O) groups excluding carboxylic acids is 1. The van der Waals surface area contributed by atoms with Crippen LogP contribution in [0, 0.1) is 17.0 Å². The Bertz CT molecular complexity index is 863. The number of halogens is 2. The summed E-state index contributed by atoms with van der Waals surface area (Å²) in [5, 5.41) is 0. The predicted molar refractivity (Wildman–Crippen MR) is 105 cm³/mol. The van der Waals surface area contributed by atoms with Crippen LogP contribution in [0.3, 0.4) is 0 Å². The Hall–Kier alpha value is -2.74. The molecule has 0 spiro atoms. The third kappa shape index (κ3) is 5.44. The predicted octanol–water partition coefficient (Wildman–Crippen LogP) is 4.16. The van der Waals surface area contributed by atoms with Crippen molar-refractivity contribution in [2.24, 2.45) is 5.41 Å². The van der Waals surface area contributed by atoms with Crippen molar-refractivity contribution in [3.05, 3.63) is 42.1 Å². The summed E-state index contributed by atoms with van der Waals surface area (Å²) in [6.07, 6.45) is 1.98. The number of benzene rings is 1. The average Bonchev–Trinajstić information content (AvgIpc) is 2.70. The van der Waals surface area contributed by atoms with Gasteiger partial charge in [0.15, 0.2) is 17.4 Å². The summed E-state index contributed by atoms with van der Waals surface area (Å²) in [5.74, 6) is -2.23. The van der Waals surface area contributed by atoms with Crippen molar-refractivity contribution < 1.29 is 32.5 Å². The first-order valence-corrected chi connectivity index (χ1v) is 9.85. The summed E-state index contributed by atoms with van der Waals surface area (Å²) in [4.78, 5) is 15.5. The second-order valence-electron chi connectivity index (χ2n) is 7.47. The van der Waals surface area contributed by atoms with Crippen molar-refractivity contribution in [3.63, 3.8) is 0 Å². The number of pyridine rings is 1. The molecule has 0 radical (unpaired) electrons. The number of rotatable bonds is 10. The molecule has 8 heteroatoms. The van der Waals surface area contributed by atoms with E-state index < -0.39 is 17.4 Å². The third-order valence-corrected chi connectivity index (χ3v) is 4.62. The van der Waals surface area contributed by atoms with Gasteiger partial charge in [-0.15, -0.1) is 0 Å². The van der Waals surface area contributed by atoms with E-state index in [1.165, 1.54) is 12.1 Å². The van der Waals surface area contributed by atoms with E-state index in [0.717, 1.165) is 0 Å². The van der Waals surface area contributed by atoms with E-state index in [-0.39, 0.29) is 31.0 Å². The molecule has 0 amide bonds. The van der Waals surface area contributed by atoms with Gasteiger partial charge in [-0.25, -0.2) is 13.8 Å². The zero-order valence-corrected chi connectivity index (χ0v) is 17.1. The number of hydrogen-bond acceptors (Lipinski definition) is 6. The molecule has 1 aliphatic rings. The van der Waals surface area contributed by atoms with Crippen molar-refractivity contribution in [1.29, 1.82) is 0 Å². The van der Waals surface area contributed by atoms with E-state index in [4.69, 9.17) is 18.9 Å². The summed E-state index contributed by atoms with van der Waals surface area (Å²) in [6, 6.07) is 5.73. The molecular formula is C22H25F2NO5. The average molecular weight is 421 g/mol. The number of hydrogen-bond donors (Lipinski definition) is 0. The van der Waals surface area contributed by atoms with E-state index in [2.05, 4.69) is 4.98 Å². The Morgan fingerprint density at radius 3 is 2.60 bits per heavy atom. The van der Waals surface area contributed by atoms with Crippen molar-refractivity contribution in [3.8, 4) is 22.8 Å². The van der Waals surface area contributed by atoms with Crippen LogP contribution in [0.4, 0.5) is 8.78 Å². The molecule has 3 rings (SSSR count). The highest BCUT2D eigenvalue weighted by molar-refractivity contribution is 5.70. The van der Waals surface area contributed by atoms with E-state index >= 15 is 0 Å². The molecule has 0 aliphatic carbocycles. The molecule has 30 heavy (non-hydrogen) atoms. The van der Waals surface area contributed by atoms with Crippen molar-refractivity contribution in [2.75, 3.05) is 33.0 Å². The van der Waals surface area contributed by atoms with Gasteiger partial charge in [-0.2, -0.15) is 0 Å². The summed E-state index contributed by atoms with van der Waals surface area (Å²) in [7, 11) is 0. The van der Waals surface area contributed by atoms with Crippen LogP contribution in [-0.4, -0.2) is 44.0 Å². The summed E-state index contributed by atoms with van der Waals surface area (Å²) >= 11 is 0. The van der Waals surface area contributed by atoms with Crippen LogP contribution < -0.4 is 9.47 Å². The van der Waals surface area contributed by atoms with Gasteiger partial charge in [-0.3, -0.25) is 4.79 Å². The second-order valence-corrected chi connectivity index (χ2v) is 7.47. The van der Waals surface area contributed by atoms with Gasteiger partial charge in [0.2, 0.25) is 5.88 Å². The van der Waals surface area contributed by atoms with Gasteiger partial charge in [0.05, 0.1) is 33.0 Å². The number of carbonyl (C=O) groups is 1. The summed E-state index contributed by atoms with van der Waals surface area (Å²) in [6.45, 7) is 5.62. The maximum Gasteiger partial charge on any atom is 0.305 e. The fraction of sp³-hybridized carbons (Fsp3) is 0.455. The third-order valence-electron chi connectivity index (χ3n) is 4.62. The zero-order valence-electron chi connectivity index (χ0n) is 17.1. The number of esters is 1. The normalized spacial score (nSPS) is 14.7. The lowest BCUT2D eigenvalue weighted by molar-refractivity contribution is -0.143. The fourth-order valence-corrected chi connectivity index (χ4v) is 2.98. The molecule has 2 heterocycles. The molecule has 2 aromatic rings.